The number of hydrogen-bond donors (Lipinski definition) is 0. The molecular formula is C27H35BrO4. The molecule has 0 radical (unpaired) electrons. The Morgan fingerprint density at radius 3 is 2.03 bits per heavy atom. The summed E-state index contributed by atoms with van der Waals surface area (Å²) < 4.78 is 12.0. The second kappa shape index (κ2) is 14.8. The first-order valence-corrected chi connectivity index (χ1v) is 12.5. The summed E-state index contributed by atoms with van der Waals surface area (Å²) in [6.07, 6.45) is 10.4. The fraction of sp³-hybridized carbons (Fsp3) is 0.481. The molecule has 2 rings (SSSR count). The SMILES string of the molecule is CCCCCCCCCCCOC(=O)c1ccccc1C(=O)OC(C)c1cccc(Br)c1. The van der Waals surface area contributed by atoms with E-state index in [9.17, 15) is 9.59 Å². The van der Waals surface area contributed by atoms with Crippen molar-refractivity contribution >= 4 is 27.9 Å². The summed E-state index contributed by atoms with van der Waals surface area (Å²) in [5, 5.41) is 0. The van der Waals surface area contributed by atoms with Gasteiger partial charge in [0.25, 0.3) is 0 Å². The van der Waals surface area contributed by atoms with Crippen LogP contribution in [0.2, 0.25) is 0 Å². The first-order valence-electron chi connectivity index (χ1n) is 11.8. The molecule has 4 nitrogen and oxygen atoms in total. The van der Waals surface area contributed by atoms with E-state index < -0.39 is 18.0 Å². The van der Waals surface area contributed by atoms with Crippen LogP contribution in [-0.2, 0) is 9.47 Å². The monoisotopic (exact) mass is 502 g/mol. The second-order valence-electron chi connectivity index (χ2n) is 8.11. The highest BCUT2D eigenvalue weighted by Crippen LogP contribution is 2.23. The molecule has 0 aliphatic carbocycles. The third kappa shape index (κ3) is 9.15. The molecule has 0 saturated heterocycles. The van der Waals surface area contributed by atoms with Gasteiger partial charge in [-0.1, -0.05) is 98.5 Å². The number of halogens is 1. The van der Waals surface area contributed by atoms with E-state index in [1.165, 1.54) is 44.9 Å². The summed E-state index contributed by atoms with van der Waals surface area (Å²) in [7, 11) is 0. The van der Waals surface area contributed by atoms with Crippen LogP contribution in [0.3, 0.4) is 0 Å². The second-order valence-corrected chi connectivity index (χ2v) is 9.03. The number of carbonyl (C=O) groups excluding carboxylic acids is 2. The average Bonchev–Trinajstić information content (AvgIpc) is 2.80. The van der Waals surface area contributed by atoms with Gasteiger partial charge in [-0.15, -0.1) is 0 Å². The van der Waals surface area contributed by atoms with Gasteiger partial charge < -0.3 is 9.47 Å². The number of ether oxygens (including phenoxy) is 2. The van der Waals surface area contributed by atoms with Crippen LogP contribution in [0.15, 0.2) is 53.0 Å². The van der Waals surface area contributed by atoms with Crippen LogP contribution >= 0.6 is 15.9 Å². The topological polar surface area (TPSA) is 52.6 Å². The van der Waals surface area contributed by atoms with E-state index in [1.54, 1.807) is 24.3 Å². The maximum atomic E-state index is 12.7. The highest BCUT2D eigenvalue weighted by molar-refractivity contribution is 9.10. The van der Waals surface area contributed by atoms with Crippen molar-refractivity contribution in [2.24, 2.45) is 0 Å². The van der Waals surface area contributed by atoms with Crippen LogP contribution in [0.25, 0.3) is 0 Å². The molecule has 5 heteroatoms. The lowest BCUT2D eigenvalue weighted by molar-refractivity contribution is 0.0324. The molecule has 0 spiro atoms. The van der Waals surface area contributed by atoms with Crippen molar-refractivity contribution in [2.75, 3.05) is 6.61 Å². The molecule has 2 aromatic rings. The van der Waals surface area contributed by atoms with Crippen LogP contribution in [0.4, 0.5) is 0 Å². The summed E-state index contributed by atoms with van der Waals surface area (Å²) >= 11 is 3.43. The highest BCUT2D eigenvalue weighted by atomic mass is 79.9. The fourth-order valence-electron chi connectivity index (χ4n) is 3.55. The molecule has 0 aromatic heterocycles. The maximum Gasteiger partial charge on any atom is 0.339 e. The molecule has 0 aliphatic heterocycles. The van der Waals surface area contributed by atoms with Crippen molar-refractivity contribution in [3.8, 4) is 0 Å². The standard InChI is InChI=1S/C27H35BrO4/c1-3-4-5-6-7-8-9-10-13-19-31-26(29)24-17-11-12-18-25(24)27(30)32-21(2)22-15-14-16-23(28)20-22/h11-12,14-18,20-21H,3-10,13,19H2,1-2H3. The number of benzene rings is 2. The van der Waals surface area contributed by atoms with E-state index in [2.05, 4.69) is 22.9 Å². The van der Waals surface area contributed by atoms with Crippen molar-refractivity contribution in [1.82, 2.24) is 0 Å². The predicted octanol–water partition coefficient (Wildman–Crippen LogP) is 8.05. The molecule has 1 atom stereocenters. The zero-order valence-electron chi connectivity index (χ0n) is 19.3. The zero-order valence-corrected chi connectivity index (χ0v) is 20.9. The maximum absolute atomic E-state index is 12.7. The summed E-state index contributed by atoms with van der Waals surface area (Å²) in [6, 6.07) is 14.3. The Kier molecular flexibility index (Phi) is 12.1. The lowest BCUT2D eigenvalue weighted by atomic mass is 10.1. The minimum absolute atomic E-state index is 0.228. The Morgan fingerprint density at radius 1 is 0.812 bits per heavy atom. The van der Waals surface area contributed by atoms with Crippen molar-refractivity contribution < 1.29 is 19.1 Å². The number of unbranched alkanes of at least 4 members (excludes halogenated alkanes) is 8. The smallest absolute Gasteiger partial charge is 0.339 e. The molecule has 0 amide bonds. The molecule has 174 valence electrons. The van der Waals surface area contributed by atoms with Crippen LogP contribution < -0.4 is 0 Å². The summed E-state index contributed by atoms with van der Waals surface area (Å²) in [5.41, 5.74) is 1.35. The van der Waals surface area contributed by atoms with E-state index in [1.807, 2.05) is 31.2 Å². The largest absolute Gasteiger partial charge is 0.462 e. The van der Waals surface area contributed by atoms with Gasteiger partial charge in [-0.25, -0.2) is 9.59 Å². The molecule has 0 bridgehead atoms. The highest BCUT2D eigenvalue weighted by Gasteiger charge is 2.21. The lowest BCUT2D eigenvalue weighted by Gasteiger charge is -2.15. The first kappa shape index (κ1) is 26.1. The van der Waals surface area contributed by atoms with Crippen molar-refractivity contribution in [3.05, 3.63) is 69.7 Å². The van der Waals surface area contributed by atoms with Crippen LogP contribution in [0, 0.1) is 0 Å². The predicted molar refractivity (Wildman–Crippen MR) is 132 cm³/mol. The minimum Gasteiger partial charge on any atom is -0.462 e. The number of esters is 2. The van der Waals surface area contributed by atoms with Gasteiger partial charge in [0.15, 0.2) is 0 Å². The zero-order chi connectivity index (χ0) is 23.2. The van der Waals surface area contributed by atoms with Gasteiger partial charge in [0.1, 0.15) is 6.10 Å². The Labute approximate surface area is 200 Å². The van der Waals surface area contributed by atoms with E-state index >= 15 is 0 Å². The molecule has 0 aliphatic rings. The van der Waals surface area contributed by atoms with E-state index in [4.69, 9.17) is 9.47 Å². The third-order valence-electron chi connectivity index (χ3n) is 5.45. The molecule has 32 heavy (non-hydrogen) atoms. The van der Waals surface area contributed by atoms with Gasteiger partial charge in [0.2, 0.25) is 0 Å². The van der Waals surface area contributed by atoms with Crippen LogP contribution in [-0.4, -0.2) is 18.5 Å². The Morgan fingerprint density at radius 2 is 1.41 bits per heavy atom. The first-order chi connectivity index (χ1) is 15.5. The van der Waals surface area contributed by atoms with Crippen molar-refractivity contribution in [1.29, 1.82) is 0 Å². The van der Waals surface area contributed by atoms with Gasteiger partial charge in [-0.05, 0) is 43.2 Å². The Hall–Kier alpha value is -2.14. The average molecular weight is 503 g/mol. The molecule has 2 aromatic carbocycles. The number of carbonyl (C=O) groups is 2. The van der Waals surface area contributed by atoms with E-state index in [0.29, 0.717) is 6.61 Å². The van der Waals surface area contributed by atoms with E-state index in [0.717, 1.165) is 22.9 Å². The fourth-order valence-corrected chi connectivity index (χ4v) is 3.96. The van der Waals surface area contributed by atoms with Gasteiger partial charge >= 0.3 is 11.9 Å². The van der Waals surface area contributed by atoms with Crippen molar-refractivity contribution in [3.63, 3.8) is 0 Å². The van der Waals surface area contributed by atoms with Gasteiger partial charge in [-0.3, -0.25) is 0 Å². The Bertz CT molecular complexity index is 849. The third-order valence-corrected chi connectivity index (χ3v) is 5.94. The van der Waals surface area contributed by atoms with Crippen LogP contribution in [0.1, 0.15) is 104 Å². The normalized spacial score (nSPS) is 11.7. The molecule has 0 fully saturated rings. The van der Waals surface area contributed by atoms with Crippen LogP contribution in [0.5, 0.6) is 0 Å². The van der Waals surface area contributed by atoms with Gasteiger partial charge in [-0.2, -0.15) is 0 Å². The minimum atomic E-state index is -0.534. The van der Waals surface area contributed by atoms with E-state index in [-0.39, 0.29) is 11.1 Å². The number of hydrogen-bond acceptors (Lipinski definition) is 4. The van der Waals surface area contributed by atoms with Crippen molar-refractivity contribution in [2.45, 2.75) is 77.7 Å². The quantitative estimate of drug-likeness (QED) is 0.193. The summed E-state index contributed by atoms with van der Waals surface area (Å²) in [6.45, 7) is 4.41. The van der Waals surface area contributed by atoms with Gasteiger partial charge in [0.05, 0.1) is 17.7 Å². The lowest BCUT2D eigenvalue weighted by Crippen LogP contribution is -2.16. The van der Waals surface area contributed by atoms with Gasteiger partial charge in [0, 0.05) is 4.47 Å². The molecule has 0 N–H and O–H groups in total. The summed E-state index contributed by atoms with van der Waals surface area (Å²) in [4.78, 5) is 25.3. The summed E-state index contributed by atoms with van der Waals surface area (Å²) in [5.74, 6) is -1.01. The Balaban J connectivity index is 1.79. The number of rotatable bonds is 14. The molecule has 0 heterocycles. The molecule has 1 unspecified atom stereocenters. The molecule has 0 saturated carbocycles. The molecular weight excluding hydrogens is 468 g/mol.